The van der Waals surface area contributed by atoms with E-state index in [1.165, 1.54) is 0 Å². The molecule has 0 fully saturated rings. The molecule has 0 saturated heterocycles. The lowest BCUT2D eigenvalue weighted by Crippen LogP contribution is -2.17. The molecule has 10 nitrogen and oxygen atoms in total. The third-order valence-electron chi connectivity index (χ3n) is 5.17. The summed E-state index contributed by atoms with van der Waals surface area (Å²) < 4.78 is 6.89. The van der Waals surface area contributed by atoms with E-state index in [0.29, 0.717) is 33.2 Å². The lowest BCUT2D eigenvalue weighted by molar-refractivity contribution is 0.155. The van der Waals surface area contributed by atoms with Crippen molar-refractivity contribution in [2.75, 3.05) is 5.32 Å². The summed E-state index contributed by atoms with van der Waals surface area (Å²) in [6, 6.07) is 16.5. The molecule has 3 aromatic heterocycles. The monoisotopic (exact) mass is 484 g/mol. The van der Waals surface area contributed by atoms with Gasteiger partial charge >= 0.3 is 6.09 Å². The number of nitriles is 1. The van der Waals surface area contributed by atoms with Gasteiger partial charge in [0.1, 0.15) is 29.8 Å². The molecule has 0 saturated carbocycles. The number of aromatic nitrogens is 6. The summed E-state index contributed by atoms with van der Waals surface area (Å²) >= 11 is 6.44. The molecule has 3 heterocycles. The number of hydrogen-bond donors (Lipinski definition) is 2. The van der Waals surface area contributed by atoms with Crippen molar-refractivity contribution in [2.24, 2.45) is 7.05 Å². The maximum absolute atomic E-state index is 12.5. The highest BCUT2D eigenvalue weighted by Crippen LogP contribution is 2.34. The van der Waals surface area contributed by atoms with Crippen molar-refractivity contribution >= 4 is 34.4 Å². The van der Waals surface area contributed by atoms with Crippen molar-refractivity contribution in [3.05, 3.63) is 77.2 Å². The first-order chi connectivity index (χ1) is 17.0. The topological polar surface area (TPSA) is 134 Å². The summed E-state index contributed by atoms with van der Waals surface area (Å²) in [4.78, 5) is 21.5. The van der Waals surface area contributed by atoms with Crippen LogP contribution in [0.1, 0.15) is 11.3 Å². The number of benzene rings is 2. The van der Waals surface area contributed by atoms with Gasteiger partial charge in [0.2, 0.25) is 0 Å². The molecule has 1 amide bonds. The first-order valence-corrected chi connectivity index (χ1v) is 10.8. The van der Waals surface area contributed by atoms with Crippen LogP contribution in [0.15, 0.2) is 60.9 Å². The summed E-state index contributed by atoms with van der Waals surface area (Å²) in [6.07, 6.45) is 2.64. The lowest BCUT2D eigenvalue weighted by Gasteiger charge is -2.12. The van der Waals surface area contributed by atoms with Gasteiger partial charge in [0.05, 0.1) is 16.7 Å². The van der Waals surface area contributed by atoms with Crippen LogP contribution in [0.2, 0.25) is 5.02 Å². The molecule has 0 unspecified atom stereocenters. The van der Waals surface area contributed by atoms with E-state index in [1.807, 2.05) is 42.5 Å². The number of ether oxygens (including phenoxy) is 1. The highest BCUT2D eigenvalue weighted by atomic mass is 35.5. The fourth-order valence-corrected chi connectivity index (χ4v) is 3.80. The zero-order chi connectivity index (χ0) is 24.4. The number of halogens is 1. The number of carbonyl (C=O) groups is 1. The Morgan fingerprint density at radius 2 is 2.03 bits per heavy atom. The van der Waals surface area contributed by atoms with E-state index in [9.17, 15) is 10.1 Å². The van der Waals surface area contributed by atoms with Crippen molar-refractivity contribution in [1.29, 1.82) is 5.26 Å². The Morgan fingerprint density at radius 1 is 1.20 bits per heavy atom. The number of H-pyrrole nitrogens is 1. The zero-order valence-electron chi connectivity index (χ0n) is 18.4. The van der Waals surface area contributed by atoms with Crippen LogP contribution in [0.3, 0.4) is 0 Å². The lowest BCUT2D eigenvalue weighted by atomic mass is 10.1. The molecule has 172 valence electrons. The number of hydrogen-bond acceptors (Lipinski definition) is 7. The predicted octanol–water partition coefficient (Wildman–Crippen LogP) is 4.69. The number of fused-ring (bicyclic) bond motifs is 1. The van der Waals surface area contributed by atoms with Gasteiger partial charge in [0.25, 0.3) is 0 Å². The van der Waals surface area contributed by atoms with Crippen LogP contribution in [0.25, 0.3) is 33.5 Å². The Kier molecular flexibility index (Phi) is 5.83. The molecular formula is C24H17ClN8O2. The van der Waals surface area contributed by atoms with Gasteiger partial charge in [0, 0.05) is 24.2 Å². The molecule has 35 heavy (non-hydrogen) atoms. The highest BCUT2D eigenvalue weighted by Gasteiger charge is 2.21. The minimum absolute atomic E-state index is 0.0366. The molecule has 0 aliphatic carbocycles. The van der Waals surface area contributed by atoms with Crippen LogP contribution in [0.5, 0.6) is 0 Å². The maximum Gasteiger partial charge on any atom is 0.413 e. The van der Waals surface area contributed by atoms with Crippen LogP contribution in [0, 0.1) is 11.3 Å². The Bertz CT molecular complexity index is 1590. The number of amides is 1. The average molecular weight is 485 g/mol. The number of carbonyl (C=O) groups excluding carboxylic acids is 1. The van der Waals surface area contributed by atoms with E-state index in [0.717, 1.165) is 10.9 Å². The van der Waals surface area contributed by atoms with E-state index >= 15 is 0 Å². The fraction of sp³-hybridized carbons (Fsp3) is 0.0833. The molecule has 5 aromatic rings. The van der Waals surface area contributed by atoms with Gasteiger partial charge in [0.15, 0.2) is 11.5 Å². The van der Waals surface area contributed by atoms with Gasteiger partial charge in [-0.2, -0.15) is 15.5 Å². The van der Waals surface area contributed by atoms with E-state index in [1.54, 1.807) is 36.3 Å². The van der Waals surface area contributed by atoms with Gasteiger partial charge in [-0.3, -0.25) is 15.1 Å². The minimum atomic E-state index is -0.762. The smallest absolute Gasteiger partial charge is 0.413 e. The first kappa shape index (κ1) is 22.1. The normalized spacial score (nSPS) is 10.8. The molecule has 5 rings (SSSR count). The Morgan fingerprint density at radius 3 is 2.77 bits per heavy atom. The van der Waals surface area contributed by atoms with Crippen molar-refractivity contribution in [3.8, 4) is 28.7 Å². The van der Waals surface area contributed by atoms with Crippen LogP contribution in [-0.4, -0.2) is 36.0 Å². The Balaban J connectivity index is 1.55. The van der Waals surface area contributed by atoms with Gasteiger partial charge in [-0.05, 0) is 23.8 Å². The molecular weight excluding hydrogens is 468 g/mol. The van der Waals surface area contributed by atoms with Crippen molar-refractivity contribution < 1.29 is 9.53 Å². The standard InChI is InChI=1S/C24H17ClN8O2/c1-33-8-7-18(32-33)22-21(15-9-16-12-27-31-20(16)17(25)10-15)28-19(11-26)23(29-22)30-24(34)35-13-14-5-3-2-4-6-14/h2-10,12H,13H2,1H3,(H,27,31)(H,29,30,34). The van der Waals surface area contributed by atoms with Gasteiger partial charge in [-0.15, -0.1) is 0 Å². The number of anilines is 1. The average Bonchev–Trinajstić information content (AvgIpc) is 3.52. The van der Waals surface area contributed by atoms with Crippen molar-refractivity contribution in [2.45, 2.75) is 6.61 Å². The second-order valence-electron chi connectivity index (χ2n) is 7.58. The molecule has 0 spiro atoms. The second kappa shape index (κ2) is 9.24. The Labute approximate surface area is 204 Å². The van der Waals surface area contributed by atoms with Crippen LogP contribution >= 0.6 is 11.6 Å². The molecule has 2 aromatic carbocycles. The summed E-state index contributed by atoms with van der Waals surface area (Å²) in [5, 5.41) is 24.8. The van der Waals surface area contributed by atoms with Crippen LogP contribution < -0.4 is 5.32 Å². The summed E-state index contributed by atoms with van der Waals surface area (Å²) in [5.74, 6) is -0.0366. The molecule has 0 bridgehead atoms. The predicted molar refractivity (Wildman–Crippen MR) is 129 cm³/mol. The van der Waals surface area contributed by atoms with E-state index < -0.39 is 6.09 Å². The van der Waals surface area contributed by atoms with Gasteiger partial charge in [-0.25, -0.2) is 14.8 Å². The van der Waals surface area contributed by atoms with E-state index in [2.05, 4.69) is 30.6 Å². The fourth-order valence-electron chi connectivity index (χ4n) is 3.53. The highest BCUT2D eigenvalue weighted by molar-refractivity contribution is 6.35. The molecule has 2 N–H and O–H groups in total. The minimum Gasteiger partial charge on any atom is -0.444 e. The largest absolute Gasteiger partial charge is 0.444 e. The molecule has 11 heteroatoms. The number of aryl methyl sites for hydroxylation is 1. The second-order valence-corrected chi connectivity index (χ2v) is 7.99. The molecule has 0 aliphatic rings. The summed E-state index contributed by atoms with van der Waals surface area (Å²) in [5.41, 5.74) is 3.29. The first-order valence-electron chi connectivity index (χ1n) is 10.4. The maximum atomic E-state index is 12.5. The van der Waals surface area contributed by atoms with E-state index in [4.69, 9.17) is 16.3 Å². The van der Waals surface area contributed by atoms with Crippen LogP contribution in [-0.2, 0) is 18.4 Å². The molecule has 0 atom stereocenters. The summed E-state index contributed by atoms with van der Waals surface area (Å²) in [7, 11) is 1.77. The number of aromatic amines is 1. The van der Waals surface area contributed by atoms with Gasteiger partial charge in [-0.1, -0.05) is 41.9 Å². The van der Waals surface area contributed by atoms with Crippen molar-refractivity contribution in [3.63, 3.8) is 0 Å². The van der Waals surface area contributed by atoms with Gasteiger partial charge < -0.3 is 4.74 Å². The molecule has 0 radical (unpaired) electrons. The third-order valence-corrected chi connectivity index (χ3v) is 5.46. The summed E-state index contributed by atoms with van der Waals surface area (Å²) in [6.45, 7) is 0.0659. The zero-order valence-corrected chi connectivity index (χ0v) is 19.1. The third kappa shape index (κ3) is 4.53. The number of nitrogens with zero attached hydrogens (tertiary/aromatic N) is 6. The van der Waals surface area contributed by atoms with Crippen molar-refractivity contribution in [1.82, 2.24) is 29.9 Å². The van der Waals surface area contributed by atoms with Crippen LogP contribution in [0.4, 0.5) is 10.6 Å². The quantitative estimate of drug-likeness (QED) is 0.369. The SMILES string of the molecule is Cn1ccc(-c2nc(NC(=O)OCc3ccccc3)c(C#N)nc2-c2cc(Cl)c3[nH]ncc3c2)n1. The molecule has 0 aliphatic heterocycles. The Hall–Kier alpha value is -4.75. The number of nitrogens with one attached hydrogen (secondary N) is 2. The van der Waals surface area contributed by atoms with E-state index in [-0.39, 0.29) is 18.1 Å². The number of rotatable bonds is 5.